The molecule has 0 spiro atoms. The fourth-order valence-corrected chi connectivity index (χ4v) is 2.23. The first-order valence-electron chi connectivity index (χ1n) is 4.18. The third kappa shape index (κ3) is 1.64. The fourth-order valence-electron chi connectivity index (χ4n) is 2.23. The normalized spacial score (nSPS) is 38.4. The molecule has 1 aliphatic carbocycles. The highest BCUT2D eigenvalue weighted by Gasteiger charge is 2.24. The van der Waals surface area contributed by atoms with Gasteiger partial charge in [0.05, 0.1) is 0 Å². The second kappa shape index (κ2) is 3.59. The number of rotatable bonds is 0. The second-order valence-corrected chi connectivity index (χ2v) is 3.47. The summed E-state index contributed by atoms with van der Waals surface area (Å²) in [4.78, 5) is 0. The maximum Gasteiger partial charge on any atom is 0.00697 e. The van der Waals surface area contributed by atoms with E-state index in [-0.39, 0.29) is 12.4 Å². The molecular formula is C8H16ClN. The summed E-state index contributed by atoms with van der Waals surface area (Å²) >= 11 is 0. The number of hydrogen-bond acceptors (Lipinski definition) is 1. The van der Waals surface area contributed by atoms with Crippen molar-refractivity contribution in [1.82, 2.24) is 5.32 Å². The standard InChI is InChI=1S/C8H15N.ClH/c1-2-7-4-5-9-8(3-1)6-7;/h7-9H,1-6H2;1H/t7-,8+;/m1./s1. The molecular weight excluding hydrogens is 146 g/mol. The highest BCUT2D eigenvalue weighted by Crippen LogP contribution is 2.29. The summed E-state index contributed by atoms with van der Waals surface area (Å²) in [7, 11) is 0. The van der Waals surface area contributed by atoms with Crippen LogP contribution in [0.15, 0.2) is 0 Å². The molecule has 10 heavy (non-hydrogen) atoms. The minimum atomic E-state index is 0. The van der Waals surface area contributed by atoms with Crippen LogP contribution in [0.3, 0.4) is 0 Å². The van der Waals surface area contributed by atoms with Gasteiger partial charge in [-0.15, -0.1) is 12.4 Å². The fraction of sp³-hybridized carbons (Fsp3) is 1.00. The molecule has 2 fully saturated rings. The molecule has 60 valence electrons. The molecule has 0 radical (unpaired) electrons. The Labute approximate surface area is 69.0 Å². The number of piperidine rings is 1. The van der Waals surface area contributed by atoms with Crippen molar-refractivity contribution in [2.45, 2.75) is 38.1 Å². The zero-order valence-electron chi connectivity index (χ0n) is 6.31. The van der Waals surface area contributed by atoms with E-state index < -0.39 is 0 Å². The number of nitrogens with one attached hydrogen (secondary N) is 1. The van der Waals surface area contributed by atoms with Crippen LogP contribution >= 0.6 is 12.4 Å². The number of halogens is 1. The maximum absolute atomic E-state index is 3.55. The predicted octanol–water partition coefficient (Wildman–Crippen LogP) is 1.96. The summed E-state index contributed by atoms with van der Waals surface area (Å²) in [5.41, 5.74) is 0. The average Bonchev–Trinajstić information content (AvgIpc) is 1.88. The van der Waals surface area contributed by atoms with Crippen molar-refractivity contribution in [3.8, 4) is 0 Å². The first kappa shape index (κ1) is 8.35. The van der Waals surface area contributed by atoms with Crippen LogP contribution in [-0.2, 0) is 0 Å². The van der Waals surface area contributed by atoms with Crippen molar-refractivity contribution in [2.75, 3.05) is 6.54 Å². The third-order valence-electron chi connectivity index (χ3n) is 2.77. The minimum Gasteiger partial charge on any atom is -0.314 e. The highest BCUT2D eigenvalue weighted by molar-refractivity contribution is 5.85. The summed E-state index contributed by atoms with van der Waals surface area (Å²) in [5.74, 6) is 1.09. The minimum absolute atomic E-state index is 0. The summed E-state index contributed by atoms with van der Waals surface area (Å²) in [5, 5.41) is 3.55. The molecule has 1 nitrogen and oxygen atoms in total. The molecule has 2 aliphatic rings. The molecule has 2 rings (SSSR count). The zero-order valence-corrected chi connectivity index (χ0v) is 7.12. The van der Waals surface area contributed by atoms with E-state index in [0.717, 1.165) is 12.0 Å². The Morgan fingerprint density at radius 1 is 1.10 bits per heavy atom. The van der Waals surface area contributed by atoms with Gasteiger partial charge in [-0.05, 0) is 31.7 Å². The van der Waals surface area contributed by atoms with Crippen molar-refractivity contribution in [3.63, 3.8) is 0 Å². The van der Waals surface area contributed by atoms with Gasteiger partial charge in [-0.2, -0.15) is 0 Å². The van der Waals surface area contributed by atoms with Crippen LogP contribution in [0.1, 0.15) is 32.1 Å². The van der Waals surface area contributed by atoms with Crippen molar-refractivity contribution in [3.05, 3.63) is 0 Å². The molecule has 2 bridgehead atoms. The topological polar surface area (TPSA) is 12.0 Å². The van der Waals surface area contributed by atoms with E-state index in [4.69, 9.17) is 0 Å². The quantitative estimate of drug-likeness (QED) is 0.573. The lowest BCUT2D eigenvalue weighted by atomic mass is 9.81. The van der Waals surface area contributed by atoms with Crippen LogP contribution in [0.4, 0.5) is 0 Å². The SMILES string of the molecule is C1C[C@@H]2CCN[C@@H](C1)C2.Cl. The van der Waals surface area contributed by atoms with Crippen LogP contribution in [0.25, 0.3) is 0 Å². The van der Waals surface area contributed by atoms with E-state index in [2.05, 4.69) is 5.32 Å². The average molecular weight is 162 g/mol. The smallest absolute Gasteiger partial charge is 0.00697 e. The molecule has 1 aliphatic heterocycles. The zero-order chi connectivity index (χ0) is 6.10. The Balaban J connectivity index is 0.000000500. The van der Waals surface area contributed by atoms with Crippen molar-refractivity contribution in [2.24, 2.45) is 5.92 Å². The lowest BCUT2D eigenvalue weighted by Crippen LogP contribution is -2.40. The van der Waals surface area contributed by atoms with Gasteiger partial charge in [-0.25, -0.2) is 0 Å². The van der Waals surface area contributed by atoms with Gasteiger partial charge < -0.3 is 5.32 Å². The Morgan fingerprint density at radius 2 is 2.00 bits per heavy atom. The summed E-state index contributed by atoms with van der Waals surface area (Å²) in [6.45, 7) is 1.29. The van der Waals surface area contributed by atoms with Crippen molar-refractivity contribution in [1.29, 1.82) is 0 Å². The molecule has 0 aromatic heterocycles. The Kier molecular flexibility index (Phi) is 2.99. The van der Waals surface area contributed by atoms with Gasteiger partial charge >= 0.3 is 0 Å². The van der Waals surface area contributed by atoms with E-state index in [0.29, 0.717) is 0 Å². The van der Waals surface area contributed by atoms with Gasteiger partial charge in [0.2, 0.25) is 0 Å². The molecule has 1 N–H and O–H groups in total. The molecule has 2 heteroatoms. The molecule has 2 atom stereocenters. The van der Waals surface area contributed by atoms with Gasteiger partial charge in [0, 0.05) is 6.04 Å². The monoisotopic (exact) mass is 161 g/mol. The van der Waals surface area contributed by atoms with E-state index in [1.165, 1.54) is 38.6 Å². The number of hydrogen-bond donors (Lipinski definition) is 1. The lowest BCUT2D eigenvalue weighted by molar-refractivity contribution is 0.225. The van der Waals surface area contributed by atoms with Gasteiger partial charge in [0.15, 0.2) is 0 Å². The van der Waals surface area contributed by atoms with Crippen molar-refractivity contribution < 1.29 is 0 Å². The van der Waals surface area contributed by atoms with E-state index in [1.807, 2.05) is 0 Å². The van der Waals surface area contributed by atoms with Gasteiger partial charge in [-0.1, -0.05) is 12.8 Å². The predicted molar refractivity (Wildman–Crippen MR) is 45.6 cm³/mol. The largest absolute Gasteiger partial charge is 0.314 e. The first-order valence-corrected chi connectivity index (χ1v) is 4.18. The Morgan fingerprint density at radius 3 is 2.70 bits per heavy atom. The molecule has 0 aromatic rings. The van der Waals surface area contributed by atoms with Crippen LogP contribution < -0.4 is 5.32 Å². The molecule has 0 unspecified atom stereocenters. The van der Waals surface area contributed by atoms with E-state index in [9.17, 15) is 0 Å². The van der Waals surface area contributed by atoms with Crippen molar-refractivity contribution >= 4 is 12.4 Å². The summed E-state index contributed by atoms with van der Waals surface area (Å²) < 4.78 is 0. The van der Waals surface area contributed by atoms with Gasteiger partial charge in [0.25, 0.3) is 0 Å². The first-order chi connectivity index (χ1) is 4.45. The molecule has 1 saturated heterocycles. The number of fused-ring (bicyclic) bond motifs is 2. The summed E-state index contributed by atoms with van der Waals surface area (Å²) in [6, 6.07) is 0.900. The molecule has 0 aromatic carbocycles. The van der Waals surface area contributed by atoms with Crippen LogP contribution in [-0.4, -0.2) is 12.6 Å². The molecule has 0 amide bonds. The Hall–Kier alpha value is 0.250. The van der Waals surface area contributed by atoms with E-state index in [1.54, 1.807) is 0 Å². The van der Waals surface area contributed by atoms with Crippen LogP contribution in [0, 0.1) is 5.92 Å². The van der Waals surface area contributed by atoms with Crippen LogP contribution in [0.2, 0.25) is 0 Å². The highest BCUT2D eigenvalue weighted by atomic mass is 35.5. The third-order valence-corrected chi connectivity index (χ3v) is 2.77. The van der Waals surface area contributed by atoms with Crippen LogP contribution in [0.5, 0.6) is 0 Å². The van der Waals surface area contributed by atoms with E-state index >= 15 is 0 Å². The summed E-state index contributed by atoms with van der Waals surface area (Å²) in [6.07, 6.45) is 7.34. The Bertz CT molecular complexity index is 85.4. The maximum atomic E-state index is 3.55. The van der Waals surface area contributed by atoms with Gasteiger partial charge in [0.1, 0.15) is 0 Å². The lowest BCUT2D eigenvalue weighted by Gasteiger charge is -2.34. The van der Waals surface area contributed by atoms with Gasteiger partial charge in [-0.3, -0.25) is 0 Å². The second-order valence-electron chi connectivity index (χ2n) is 3.47. The molecule has 1 saturated carbocycles. The molecule has 1 heterocycles.